The third-order valence-electron chi connectivity index (χ3n) is 2.14. The Hall–Kier alpha value is -0.120. The van der Waals surface area contributed by atoms with Gasteiger partial charge in [0.25, 0.3) is 0 Å². The topological polar surface area (TPSA) is 49.7 Å². The van der Waals surface area contributed by atoms with E-state index in [0.717, 1.165) is 25.7 Å². The van der Waals surface area contributed by atoms with E-state index in [1.165, 1.54) is 0 Å². The Balaban J connectivity index is 2.12. The molecule has 0 spiro atoms. The molecule has 2 unspecified atom stereocenters. The van der Waals surface area contributed by atoms with E-state index >= 15 is 0 Å². The summed E-state index contributed by atoms with van der Waals surface area (Å²) in [6.07, 6.45) is 3.05. The zero-order chi connectivity index (χ0) is 8.10. The molecule has 0 amide bonds. The van der Waals surface area contributed by atoms with Crippen molar-refractivity contribution in [2.24, 2.45) is 5.92 Å². The molecule has 0 aromatic heterocycles. The van der Waals surface area contributed by atoms with E-state index in [1.54, 1.807) is 0 Å². The molecular weight excluding hydrogens is 144 g/mol. The Morgan fingerprint density at radius 3 is 2.91 bits per heavy atom. The highest BCUT2D eigenvalue weighted by Gasteiger charge is 2.19. The maximum absolute atomic E-state index is 9.09. The third-order valence-corrected chi connectivity index (χ3v) is 2.14. The fourth-order valence-corrected chi connectivity index (χ4v) is 1.48. The summed E-state index contributed by atoms with van der Waals surface area (Å²) in [5.74, 6) is 0.547. The van der Waals surface area contributed by atoms with E-state index in [9.17, 15) is 0 Å². The van der Waals surface area contributed by atoms with Crippen molar-refractivity contribution in [3.63, 3.8) is 0 Å². The molecule has 1 aliphatic rings. The molecule has 1 aliphatic heterocycles. The standard InChI is InChI=1S/C8H16O3/c9-4-1-2-7-3-5-11-8(10)6-7/h7-10H,1-6H2. The summed E-state index contributed by atoms with van der Waals surface area (Å²) >= 11 is 0. The normalized spacial score (nSPS) is 32.2. The molecule has 11 heavy (non-hydrogen) atoms. The van der Waals surface area contributed by atoms with Crippen LogP contribution in [0.2, 0.25) is 0 Å². The summed E-state index contributed by atoms with van der Waals surface area (Å²) in [6.45, 7) is 0.921. The van der Waals surface area contributed by atoms with E-state index in [0.29, 0.717) is 12.5 Å². The van der Waals surface area contributed by atoms with Gasteiger partial charge in [0.15, 0.2) is 6.29 Å². The second kappa shape index (κ2) is 4.70. The van der Waals surface area contributed by atoms with Crippen LogP contribution in [0.25, 0.3) is 0 Å². The second-order valence-corrected chi connectivity index (χ2v) is 3.08. The number of hydrogen-bond acceptors (Lipinski definition) is 3. The third kappa shape index (κ3) is 3.18. The van der Waals surface area contributed by atoms with Crippen LogP contribution in [0.5, 0.6) is 0 Å². The maximum Gasteiger partial charge on any atom is 0.154 e. The molecule has 1 heterocycles. The predicted octanol–water partition coefficient (Wildman–Crippen LogP) is 0.504. The number of ether oxygens (including phenoxy) is 1. The van der Waals surface area contributed by atoms with Crippen molar-refractivity contribution in [3.05, 3.63) is 0 Å². The Morgan fingerprint density at radius 2 is 2.27 bits per heavy atom. The summed E-state index contributed by atoms with van der Waals surface area (Å²) in [7, 11) is 0. The number of rotatable bonds is 3. The number of aliphatic hydroxyl groups excluding tert-OH is 2. The largest absolute Gasteiger partial charge is 0.396 e. The lowest BCUT2D eigenvalue weighted by Crippen LogP contribution is -2.25. The minimum atomic E-state index is -0.563. The molecular formula is C8H16O3. The van der Waals surface area contributed by atoms with Gasteiger partial charge in [0.2, 0.25) is 0 Å². The van der Waals surface area contributed by atoms with Crippen LogP contribution in [0, 0.1) is 5.92 Å². The van der Waals surface area contributed by atoms with Crippen molar-refractivity contribution in [2.75, 3.05) is 13.2 Å². The van der Waals surface area contributed by atoms with Gasteiger partial charge in [0.05, 0.1) is 0 Å². The van der Waals surface area contributed by atoms with Crippen LogP contribution in [-0.2, 0) is 4.74 Å². The summed E-state index contributed by atoms with van der Waals surface area (Å²) in [5.41, 5.74) is 0. The van der Waals surface area contributed by atoms with Crippen molar-refractivity contribution in [3.8, 4) is 0 Å². The van der Waals surface area contributed by atoms with Crippen LogP contribution in [0.4, 0.5) is 0 Å². The van der Waals surface area contributed by atoms with Gasteiger partial charge < -0.3 is 14.9 Å². The van der Waals surface area contributed by atoms with Crippen molar-refractivity contribution < 1.29 is 14.9 Å². The highest BCUT2D eigenvalue weighted by Crippen LogP contribution is 2.22. The molecule has 0 bridgehead atoms. The van der Waals surface area contributed by atoms with Gasteiger partial charge in [-0.15, -0.1) is 0 Å². The first-order chi connectivity index (χ1) is 5.33. The number of aliphatic hydroxyl groups is 2. The Morgan fingerprint density at radius 1 is 1.45 bits per heavy atom. The van der Waals surface area contributed by atoms with E-state index < -0.39 is 6.29 Å². The van der Waals surface area contributed by atoms with Crippen LogP contribution in [0.3, 0.4) is 0 Å². The van der Waals surface area contributed by atoms with Gasteiger partial charge in [-0.05, 0) is 25.2 Å². The monoisotopic (exact) mass is 160 g/mol. The zero-order valence-electron chi connectivity index (χ0n) is 6.70. The Kier molecular flexibility index (Phi) is 3.83. The smallest absolute Gasteiger partial charge is 0.154 e. The molecule has 3 heteroatoms. The van der Waals surface area contributed by atoms with Gasteiger partial charge in [-0.3, -0.25) is 0 Å². The summed E-state index contributed by atoms with van der Waals surface area (Å²) in [4.78, 5) is 0. The number of hydrogen-bond donors (Lipinski definition) is 2. The molecule has 2 atom stereocenters. The molecule has 0 radical (unpaired) electrons. The van der Waals surface area contributed by atoms with Gasteiger partial charge in [-0.2, -0.15) is 0 Å². The second-order valence-electron chi connectivity index (χ2n) is 3.08. The molecule has 66 valence electrons. The van der Waals surface area contributed by atoms with E-state index in [2.05, 4.69) is 0 Å². The van der Waals surface area contributed by atoms with Gasteiger partial charge in [-0.25, -0.2) is 0 Å². The van der Waals surface area contributed by atoms with Crippen molar-refractivity contribution in [1.82, 2.24) is 0 Å². The molecule has 0 saturated carbocycles. The van der Waals surface area contributed by atoms with Gasteiger partial charge in [-0.1, -0.05) is 0 Å². The molecule has 1 saturated heterocycles. The molecule has 0 aromatic rings. The first kappa shape index (κ1) is 8.97. The first-order valence-electron chi connectivity index (χ1n) is 4.23. The Bertz CT molecular complexity index is 106. The SMILES string of the molecule is OCCCC1CCOC(O)C1. The molecule has 1 fully saturated rings. The summed E-state index contributed by atoms with van der Waals surface area (Å²) in [6, 6.07) is 0. The quantitative estimate of drug-likeness (QED) is 0.632. The van der Waals surface area contributed by atoms with Gasteiger partial charge >= 0.3 is 0 Å². The first-order valence-corrected chi connectivity index (χ1v) is 4.23. The summed E-state index contributed by atoms with van der Waals surface area (Å²) < 4.78 is 4.98. The van der Waals surface area contributed by atoms with Crippen LogP contribution < -0.4 is 0 Å². The van der Waals surface area contributed by atoms with E-state index in [4.69, 9.17) is 14.9 Å². The fourth-order valence-electron chi connectivity index (χ4n) is 1.48. The Labute approximate surface area is 67.0 Å². The average Bonchev–Trinajstić information content (AvgIpc) is 2.01. The van der Waals surface area contributed by atoms with Crippen LogP contribution in [0.15, 0.2) is 0 Å². The molecule has 1 rings (SSSR count). The minimum absolute atomic E-state index is 0.257. The average molecular weight is 160 g/mol. The lowest BCUT2D eigenvalue weighted by molar-refractivity contribution is -0.139. The molecule has 2 N–H and O–H groups in total. The highest BCUT2D eigenvalue weighted by atomic mass is 16.6. The minimum Gasteiger partial charge on any atom is -0.396 e. The predicted molar refractivity (Wildman–Crippen MR) is 41.0 cm³/mol. The maximum atomic E-state index is 9.09. The molecule has 0 aliphatic carbocycles. The van der Waals surface area contributed by atoms with E-state index in [1.807, 2.05) is 0 Å². The zero-order valence-corrected chi connectivity index (χ0v) is 6.70. The molecule has 0 aromatic carbocycles. The van der Waals surface area contributed by atoms with Gasteiger partial charge in [0.1, 0.15) is 0 Å². The van der Waals surface area contributed by atoms with Crippen molar-refractivity contribution in [2.45, 2.75) is 32.0 Å². The van der Waals surface area contributed by atoms with Crippen molar-refractivity contribution >= 4 is 0 Å². The fraction of sp³-hybridized carbons (Fsp3) is 1.00. The van der Waals surface area contributed by atoms with Crippen LogP contribution in [-0.4, -0.2) is 29.7 Å². The van der Waals surface area contributed by atoms with Gasteiger partial charge in [0, 0.05) is 19.6 Å². The lowest BCUT2D eigenvalue weighted by atomic mass is 9.94. The lowest BCUT2D eigenvalue weighted by Gasteiger charge is -2.25. The van der Waals surface area contributed by atoms with E-state index in [-0.39, 0.29) is 6.61 Å². The highest BCUT2D eigenvalue weighted by molar-refractivity contribution is 4.65. The molecule has 3 nitrogen and oxygen atoms in total. The van der Waals surface area contributed by atoms with Crippen LogP contribution >= 0.6 is 0 Å². The summed E-state index contributed by atoms with van der Waals surface area (Å²) in [5, 5.41) is 17.7. The van der Waals surface area contributed by atoms with Crippen molar-refractivity contribution in [1.29, 1.82) is 0 Å². The van der Waals surface area contributed by atoms with Crippen LogP contribution in [0.1, 0.15) is 25.7 Å².